The molecule has 172 valence electrons. The van der Waals surface area contributed by atoms with Gasteiger partial charge in [0.25, 0.3) is 0 Å². The van der Waals surface area contributed by atoms with E-state index in [2.05, 4.69) is 47.6 Å². The smallest absolute Gasteiger partial charge is 0.0577 e. The van der Waals surface area contributed by atoms with Crippen molar-refractivity contribution in [3.8, 4) is 0 Å². The van der Waals surface area contributed by atoms with Crippen LogP contribution in [-0.2, 0) is 0 Å². The zero-order valence-electron chi connectivity index (χ0n) is 20.9. The maximum absolute atomic E-state index is 10.2. The fraction of sp³-hybridized carbons (Fsp3) is 0.931. The summed E-state index contributed by atoms with van der Waals surface area (Å²) < 4.78 is 0. The molecule has 0 aliphatic heterocycles. The van der Waals surface area contributed by atoms with Gasteiger partial charge in [0.2, 0.25) is 0 Å². The molecule has 1 unspecified atom stereocenters. The Kier molecular flexibility index (Phi) is 6.53. The zero-order chi connectivity index (χ0) is 21.7. The highest BCUT2D eigenvalue weighted by Gasteiger charge is 2.59. The molecule has 9 atom stereocenters. The van der Waals surface area contributed by atoms with Crippen molar-refractivity contribution in [3.05, 3.63) is 11.6 Å². The number of rotatable bonds is 6. The van der Waals surface area contributed by atoms with Gasteiger partial charge in [-0.2, -0.15) is 0 Å². The van der Waals surface area contributed by atoms with E-state index in [9.17, 15) is 5.11 Å². The van der Waals surface area contributed by atoms with Crippen molar-refractivity contribution in [2.45, 2.75) is 118 Å². The fourth-order valence-electron chi connectivity index (χ4n) is 9.30. The molecule has 0 aromatic rings. The highest BCUT2D eigenvalue weighted by Crippen LogP contribution is 2.67. The SMILES string of the molecule is CC[C@H](CC[C@@H](C)[C@H]1CC[C@H]2C3CC=C4C[C@@H](O)CC[C@]4(C)[C@H]3CC[C@]12C)C(C)C. The van der Waals surface area contributed by atoms with E-state index in [-0.39, 0.29) is 6.10 Å². The standard InChI is InChI=1S/C29H50O/c1-7-21(19(2)3)9-8-20(4)25-12-13-26-24-11-10-22-18-23(30)14-16-28(22,5)27(24)15-17-29(25,26)6/h10,19-21,23-27,30H,7-9,11-18H2,1-6H3/t20-,21-,23+,24?,25-,26+,27+,28+,29-/m1/s1. The summed E-state index contributed by atoms with van der Waals surface area (Å²) in [5, 5.41) is 10.2. The second kappa shape index (κ2) is 8.57. The first kappa shape index (κ1) is 22.9. The third kappa shape index (κ3) is 3.74. The molecule has 0 spiro atoms. The van der Waals surface area contributed by atoms with Crippen LogP contribution in [-0.4, -0.2) is 11.2 Å². The summed E-state index contributed by atoms with van der Waals surface area (Å²) in [6.07, 6.45) is 17.1. The molecule has 4 aliphatic rings. The first-order chi connectivity index (χ1) is 14.2. The molecule has 0 saturated heterocycles. The summed E-state index contributed by atoms with van der Waals surface area (Å²) >= 11 is 0. The van der Waals surface area contributed by atoms with E-state index in [1.807, 2.05) is 0 Å². The highest BCUT2D eigenvalue weighted by atomic mass is 16.3. The van der Waals surface area contributed by atoms with Crippen molar-refractivity contribution >= 4 is 0 Å². The topological polar surface area (TPSA) is 20.2 Å². The molecule has 0 heterocycles. The van der Waals surface area contributed by atoms with E-state index in [0.29, 0.717) is 10.8 Å². The van der Waals surface area contributed by atoms with Gasteiger partial charge in [0.1, 0.15) is 0 Å². The Hall–Kier alpha value is -0.300. The second-order valence-electron chi connectivity index (χ2n) is 12.9. The van der Waals surface area contributed by atoms with E-state index in [1.165, 1.54) is 57.8 Å². The Morgan fingerprint density at radius 1 is 1.00 bits per heavy atom. The van der Waals surface area contributed by atoms with Crippen LogP contribution in [0.25, 0.3) is 0 Å². The van der Waals surface area contributed by atoms with Gasteiger partial charge in [-0.15, -0.1) is 0 Å². The molecule has 0 aromatic carbocycles. The molecule has 0 aromatic heterocycles. The molecule has 1 N–H and O–H groups in total. The van der Waals surface area contributed by atoms with Gasteiger partial charge in [0.15, 0.2) is 0 Å². The summed E-state index contributed by atoms with van der Waals surface area (Å²) in [5.74, 6) is 6.31. The third-order valence-corrected chi connectivity index (χ3v) is 11.3. The molecule has 4 aliphatic carbocycles. The van der Waals surface area contributed by atoms with Crippen molar-refractivity contribution < 1.29 is 5.11 Å². The van der Waals surface area contributed by atoms with Crippen LogP contribution in [0.4, 0.5) is 0 Å². The van der Waals surface area contributed by atoms with Gasteiger partial charge >= 0.3 is 0 Å². The van der Waals surface area contributed by atoms with Gasteiger partial charge in [-0.25, -0.2) is 0 Å². The number of allylic oxidation sites excluding steroid dienone is 1. The van der Waals surface area contributed by atoms with E-state index >= 15 is 0 Å². The lowest BCUT2D eigenvalue weighted by atomic mass is 9.47. The van der Waals surface area contributed by atoms with Crippen LogP contribution in [0.3, 0.4) is 0 Å². The normalized spacial score (nSPS) is 45.3. The first-order valence-electron chi connectivity index (χ1n) is 13.6. The van der Waals surface area contributed by atoms with Gasteiger partial charge in [-0.05, 0) is 110 Å². The van der Waals surface area contributed by atoms with Crippen molar-refractivity contribution in [1.29, 1.82) is 0 Å². The summed E-state index contributed by atoms with van der Waals surface area (Å²) in [5.41, 5.74) is 2.59. The molecule has 4 rings (SSSR count). The van der Waals surface area contributed by atoms with Gasteiger partial charge in [-0.3, -0.25) is 0 Å². The average Bonchev–Trinajstić information content (AvgIpc) is 3.06. The molecule has 3 saturated carbocycles. The van der Waals surface area contributed by atoms with Crippen molar-refractivity contribution in [3.63, 3.8) is 0 Å². The molecular weight excluding hydrogens is 364 g/mol. The van der Waals surface area contributed by atoms with E-state index < -0.39 is 0 Å². The summed E-state index contributed by atoms with van der Waals surface area (Å²) in [6.45, 7) is 15.1. The Balaban J connectivity index is 1.47. The van der Waals surface area contributed by atoms with Crippen LogP contribution >= 0.6 is 0 Å². The lowest BCUT2D eigenvalue weighted by Crippen LogP contribution is -2.50. The van der Waals surface area contributed by atoms with Gasteiger partial charge in [0, 0.05) is 0 Å². The minimum atomic E-state index is -0.0794. The predicted molar refractivity (Wildman–Crippen MR) is 128 cm³/mol. The number of hydrogen-bond acceptors (Lipinski definition) is 1. The Bertz CT molecular complexity index is 634. The van der Waals surface area contributed by atoms with Crippen LogP contribution < -0.4 is 0 Å². The third-order valence-electron chi connectivity index (χ3n) is 11.3. The Labute approximate surface area is 187 Å². The largest absolute Gasteiger partial charge is 0.393 e. The van der Waals surface area contributed by atoms with Gasteiger partial charge in [0.05, 0.1) is 6.10 Å². The van der Waals surface area contributed by atoms with Crippen LogP contribution in [0.5, 0.6) is 0 Å². The minimum Gasteiger partial charge on any atom is -0.393 e. The van der Waals surface area contributed by atoms with Crippen LogP contribution in [0.15, 0.2) is 11.6 Å². The molecule has 1 nitrogen and oxygen atoms in total. The molecule has 1 heteroatoms. The Morgan fingerprint density at radius 3 is 2.47 bits per heavy atom. The maximum atomic E-state index is 10.2. The van der Waals surface area contributed by atoms with E-state index in [4.69, 9.17) is 0 Å². The monoisotopic (exact) mass is 414 g/mol. The van der Waals surface area contributed by atoms with Crippen LogP contribution in [0, 0.1) is 52.3 Å². The summed E-state index contributed by atoms with van der Waals surface area (Å²) in [7, 11) is 0. The minimum absolute atomic E-state index is 0.0794. The van der Waals surface area contributed by atoms with Crippen molar-refractivity contribution in [2.24, 2.45) is 52.3 Å². The number of hydrogen-bond donors (Lipinski definition) is 1. The quantitative estimate of drug-likeness (QED) is 0.436. The molecule has 0 radical (unpaired) electrons. The lowest BCUT2D eigenvalue weighted by Gasteiger charge is -2.58. The second-order valence-corrected chi connectivity index (χ2v) is 12.9. The van der Waals surface area contributed by atoms with Crippen molar-refractivity contribution in [2.75, 3.05) is 0 Å². The lowest BCUT2D eigenvalue weighted by molar-refractivity contribution is -0.0575. The Morgan fingerprint density at radius 2 is 1.77 bits per heavy atom. The molecule has 0 bridgehead atoms. The van der Waals surface area contributed by atoms with Crippen LogP contribution in [0.1, 0.15) is 112 Å². The summed E-state index contributed by atoms with van der Waals surface area (Å²) in [4.78, 5) is 0. The number of aliphatic hydroxyl groups is 1. The van der Waals surface area contributed by atoms with Gasteiger partial charge < -0.3 is 5.11 Å². The van der Waals surface area contributed by atoms with Crippen LogP contribution in [0.2, 0.25) is 0 Å². The molecule has 3 fully saturated rings. The van der Waals surface area contributed by atoms with E-state index in [1.54, 1.807) is 5.57 Å². The van der Waals surface area contributed by atoms with Gasteiger partial charge in [-0.1, -0.05) is 66.0 Å². The molecule has 0 amide bonds. The molecular formula is C29H50O. The number of fused-ring (bicyclic) bond motifs is 5. The first-order valence-corrected chi connectivity index (χ1v) is 13.6. The predicted octanol–water partition coefficient (Wildman–Crippen LogP) is 8.02. The summed E-state index contributed by atoms with van der Waals surface area (Å²) in [6, 6.07) is 0. The number of aliphatic hydroxyl groups excluding tert-OH is 1. The average molecular weight is 415 g/mol. The van der Waals surface area contributed by atoms with E-state index in [0.717, 1.165) is 54.3 Å². The molecule has 30 heavy (non-hydrogen) atoms. The van der Waals surface area contributed by atoms with Crippen molar-refractivity contribution in [1.82, 2.24) is 0 Å². The fourth-order valence-corrected chi connectivity index (χ4v) is 9.30. The zero-order valence-corrected chi connectivity index (χ0v) is 20.9. The highest BCUT2D eigenvalue weighted by molar-refractivity contribution is 5.25. The maximum Gasteiger partial charge on any atom is 0.0577 e.